The van der Waals surface area contributed by atoms with Gasteiger partial charge in [0, 0.05) is 35.8 Å². The third-order valence-electron chi connectivity index (χ3n) is 7.31. The van der Waals surface area contributed by atoms with Crippen LogP contribution in [0.4, 0.5) is 13.2 Å². The standard InChI is InChI=1S/C29H26F3N3O3S/c1-4-28(13-6-5-7-14-28)23-18-34(3)27(36)26-22(23)17-24(20-12-15-33-25(16-20)29(30,31)32)35(26)39(37,38)21-10-8-19(2)9-11-21/h5-13,15-18H,4,14H2,1-3H3. The van der Waals surface area contributed by atoms with Gasteiger partial charge in [-0.05, 0) is 55.7 Å². The van der Waals surface area contributed by atoms with E-state index in [1.165, 1.54) is 28.8 Å². The summed E-state index contributed by atoms with van der Waals surface area (Å²) in [4.78, 5) is 17.0. The summed E-state index contributed by atoms with van der Waals surface area (Å²) in [5.74, 6) is 0. The van der Waals surface area contributed by atoms with Gasteiger partial charge in [-0.3, -0.25) is 9.78 Å². The van der Waals surface area contributed by atoms with Crippen LogP contribution in [0.2, 0.25) is 0 Å². The second-order valence-electron chi connectivity index (χ2n) is 9.76. The monoisotopic (exact) mass is 553 g/mol. The molecule has 0 bridgehead atoms. The lowest BCUT2D eigenvalue weighted by Gasteiger charge is -2.31. The Morgan fingerprint density at radius 2 is 1.79 bits per heavy atom. The zero-order chi connectivity index (χ0) is 28.2. The SMILES string of the molecule is CCC1(c2cn(C)c(=O)c3c2cc(-c2ccnc(C(F)(F)F)c2)n3S(=O)(=O)c2ccc(C)cc2)C=CC=CC1. The summed E-state index contributed by atoms with van der Waals surface area (Å²) >= 11 is 0. The number of nitrogens with zero attached hydrogens (tertiary/aromatic N) is 3. The van der Waals surface area contributed by atoms with Gasteiger partial charge in [-0.2, -0.15) is 13.2 Å². The Labute approximate surface area is 223 Å². The highest BCUT2D eigenvalue weighted by molar-refractivity contribution is 7.90. The van der Waals surface area contributed by atoms with Crippen LogP contribution in [0.1, 0.15) is 36.6 Å². The lowest BCUT2D eigenvalue weighted by atomic mass is 9.73. The number of rotatable bonds is 5. The van der Waals surface area contributed by atoms with Gasteiger partial charge < -0.3 is 4.57 Å². The van der Waals surface area contributed by atoms with Crippen molar-refractivity contribution < 1.29 is 21.6 Å². The van der Waals surface area contributed by atoms with Crippen molar-refractivity contribution in [2.75, 3.05) is 0 Å². The Morgan fingerprint density at radius 1 is 1.08 bits per heavy atom. The summed E-state index contributed by atoms with van der Waals surface area (Å²) < 4.78 is 71.3. The number of fused-ring (bicyclic) bond motifs is 1. The Bertz CT molecular complexity index is 1810. The number of alkyl halides is 3. The number of benzene rings is 1. The maximum atomic E-state index is 14.1. The van der Waals surface area contributed by atoms with E-state index in [2.05, 4.69) is 4.98 Å². The minimum Gasteiger partial charge on any atom is -0.316 e. The van der Waals surface area contributed by atoms with Gasteiger partial charge in [-0.15, -0.1) is 0 Å². The second kappa shape index (κ2) is 9.37. The van der Waals surface area contributed by atoms with E-state index in [1.54, 1.807) is 32.3 Å². The molecule has 3 heterocycles. The predicted octanol–water partition coefficient (Wildman–Crippen LogP) is 6.13. The van der Waals surface area contributed by atoms with Crippen molar-refractivity contribution in [3.8, 4) is 11.3 Å². The van der Waals surface area contributed by atoms with Gasteiger partial charge in [-0.1, -0.05) is 48.9 Å². The van der Waals surface area contributed by atoms with Crippen LogP contribution in [-0.2, 0) is 28.7 Å². The molecular weight excluding hydrogens is 527 g/mol. The van der Waals surface area contributed by atoms with Gasteiger partial charge in [-0.25, -0.2) is 12.4 Å². The zero-order valence-electron chi connectivity index (χ0n) is 21.5. The molecule has 0 saturated heterocycles. The number of halogens is 3. The molecule has 1 unspecified atom stereocenters. The molecule has 5 rings (SSSR count). The molecule has 39 heavy (non-hydrogen) atoms. The highest BCUT2D eigenvalue weighted by atomic mass is 32.2. The van der Waals surface area contributed by atoms with Crippen LogP contribution in [0.25, 0.3) is 22.2 Å². The summed E-state index contributed by atoms with van der Waals surface area (Å²) in [6.07, 6.45) is 7.05. The van der Waals surface area contributed by atoms with Crippen molar-refractivity contribution in [3.63, 3.8) is 0 Å². The molecule has 10 heteroatoms. The molecule has 1 aromatic carbocycles. The topological polar surface area (TPSA) is 74.0 Å². The molecule has 0 radical (unpaired) electrons. The first-order valence-corrected chi connectivity index (χ1v) is 13.8. The number of aryl methyl sites for hydroxylation is 2. The van der Waals surface area contributed by atoms with E-state index in [0.717, 1.165) is 21.8 Å². The van der Waals surface area contributed by atoms with Gasteiger partial charge >= 0.3 is 6.18 Å². The van der Waals surface area contributed by atoms with Gasteiger partial charge in [0.25, 0.3) is 15.6 Å². The maximum Gasteiger partial charge on any atom is 0.433 e. The summed E-state index contributed by atoms with van der Waals surface area (Å²) in [6, 6.07) is 9.72. The maximum absolute atomic E-state index is 14.1. The average Bonchev–Trinajstić information content (AvgIpc) is 3.33. The number of pyridine rings is 2. The van der Waals surface area contributed by atoms with Crippen molar-refractivity contribution >= 4 is 20.9 Å². The first-order valence-electron chi connectivity index (χ1n) is 12.3. The number of hydrogen-bond acceptors (Lipinski definition) is 4. The fraction of sp³-hybridized carbons (Fsp3) is 0.241. The quantitative estimate of drug-likeness (QED) is 0.298. The van der Waals surface area contributed by atoms with Gasteiger partial charge in [0.15, 0.2) is 0 Å². The summed E-state index contributed by atoms with van der Waals surface area (Å²) in [6.45, 7) is 3.81. The first-order chi connectivity index (χ1) is 18.4. The summed E-state index contributed by atoms with van der Waals surface area (Å²) in [5, 5.41) is 0.371. The molecule has 4 aromatic rings. The van der Waals surface area contributed by atoms with Crippen LogP contribution >= 0.6 is 0 Å². The van der Waals surface area contributed by atoms with Crippen molar-refractivity contribution in [1.82, 2.24) is 13.5 Å². The third kappa shape index (κ3) is 4.42. The third-order valence-corrected chi connectivity index (χ3v) is 9.04. The van der Waals surface area contributed by atoms with Gasteiger partial charge in [0.2, 0.25) is 0 Å². The first kappa shape index (κ1) is 26.7. The Kier molecular flexibility index (Phi) is 6.41. The average molecular weight is 554 g/mol. The fourth-order valence-corrected chi connectivity index (χ4v) is 6.64. The minimum atomic E-state index is -4.74. The summed E-state index contributed by atoms with van der Waals surface area (Å²) in [7, 11) is -2.87. The molecule has 1 aliphatic rings. The zero-order valence-corrected chi connectivity index (χ0v) is 22.3. The van der Waals surface area contributed by atoms with Crippen LogP contribution in [0.15, 0.2) is 88.9 Å². The molecule has 202 valence electrons. The van der Waals surface area contributed by atoms with Crippen molar-refractivity contribution in [2.24, 2.45) is 7.05 Å². The highest BCUT2D eigenvalue weighted by Gasteiger charge is 2.36. The van der Waals surface area contributed by atoms with Crippen molar-refractivity contribution in [1.29, 1.82) is 0 Å². The molecule has 1 aliphatic carbocycles. The molecular formula is C29H26F3N3O3S. The Hall–Kier alpha value is -3.92. The van der Waals surface area contributed by atoms with E-state index >= 15 is 0 Å². The van der Waals surface area contributed by atoms with E-state index < -0.39 is 32.9 Å². The molecule has 0 N–H and O–H groups in total. The predicted molar refractivity (Wildman–Crippen MR) is 144 cm³/mol. The lowest BCUT2D eigenvalue weighted by molar-refractivity contribution is -0.141. The van der Waals surface area contributed by atoms with E-state index in [1.807, 2.05) is 31.2 Å². The van der Waals surface area contributed by atoms with Crippen molar-refractivity contribution in [3.05, 3.63) is 106 Å². The smallest absolute Gasteiger partial charge is 0.316 e. The molecule has 3 aromatic heterocycles. The lowest BCUT2D eigenvalue weighted by Crippen LogP contribution is -2.29. The van der Waals surface area contributed by atoms with Gasteiger partial charge in [0.05, 0.1) is 10.6 Å². The van der Waals surface area contributed by atoms with Crippen LogP contribution in [0, 0.1) is 6.92 Å². The molecule has 0 spiro atoms. The molecule has 0 fully saturated rings. The second-order valence-corrected chi connectivity index (χ2v) is 11.5. The number of allylic oxidation sites excluding steroid dienone is 4. The molecule has 0 amide bonds. The van der Waals surface area contributed by atoms with Crippen LogP contribution in [-0.4, -0.2) is 21.9 Å². The van der Waals surface area contributed by atoms with Crippen molar-refractivity contribution in [2.45, 2.75) is 43.2 Å². The molecule has 1 atom stereocenters. The number of hydrogen-bond donors (Lipinski definition) is 0. The summed E-state index contributed by atoms with van der Waals surface area (Å²) in [5.41, 5.74) is -0.934. The largest absolute Gasteiger partial charge is 0.433 e. The molecule has 6 nitrogen and oxygen atoms in total. The molecule has 0 aliphatic heterocycles. The van der Waals surface area contributed by atoms with E-state index in [0.29, 0.717) is 23.8 Å². The Morgan fingerprint density at radius 3 is 2.41 bits per heavy atom. The van der Waals surface area contributed by atoms with E-state index in [-0.39, 0.29) is 21.7 Å². The minimum absolute atomic E-state index is 0.0261. The fourth-order valence-electron chi connectivity index (χ4n) is 5.11. The van der Waals surface area contributed by atoms with Gasteiger partial charge in [0.1, 0.15) is 11.2 Å². The number of aromatic nitrogens is 3. The van der Waals surface area contributed by atoms with E-state index in [4.69, 9.17) is 0 Å². The highest BCUT2D eigenvalue weighted by Crippen LogP contribution is 2.42. The van der Waals surface area contributed by atoms with Crippen LogP contribution in [0.5, 0.6) is 0 Å². The molecule has 0 saturated carbocycles. The Balaban J connectivity index is 1.94. The van der Waals surface area contributed by atoms with Crippen LogP contribution in [0.3, 0.4) is 0 Å². The normalized spacial score (nSPS) is 17.7. The van der Waals surface area contributed by atoms with E-state index in [9.17, 15) is 26.4 Å². The van der Waals surface area contributed by atoms with Crippen LogP contribution < -0.4 is 5.56 Å².